The fraction of sp³-hybridized carbons (Fsp3) is 0.333. The number of hydrogen-bond acceptors (Lipinski definition) is 4. The average Bonchev–Trinajstić information content (AvgIpc) is 2.38. The number of benzene rings is 1. The molecule has 0 saturated heterocycles. The van der Waals surface area contributed by atoms with Gasteiger partial charge < -0.3 is 10.1 Å². The van der Waals surface area contributed by atoms with Crippen LogP contribution in [0.25, 0.3) is 0 Å². The summed E-state index contributed by atoms with van der Waals surface area (Å²) in [4.78, 5) is 8.48. The van der Waals surface area contributed by atoms with Gasteiger partial charge in [-0.1, -0.05) is 29.8 Å². The molecule has 2 rings (SSSR count). The molecule has 2 aromatic rings. The molecule has 0 saturated carbocycles. The second-order valence-electron chi connectivity index (χ2n) is 4.72. The molecule has 0 bridgehead atoms. The summed E-state index contributed by atoms with van der Waals surface area (Å²) in [6.45, 7) is 6.72. The van der Waals surface area contributed by atoms with E-state index < -0.39 is 0 Å². The van der Waals surface area contributed by atoms with E-state index in [0.29, 0.717) is 18.4 Å². The van der Waals surface area contributed by atoms with Crippen LogP contribution in [0.5, 0.6) is 5.88 Å². The molecule has 0 fully saturated rings. The van der Waals surface area contributed by atoms with E-state index in [1.807, 2.05) is 13.8 Å². The minimum absolute atomic E-state index is 0.111. The van der Waals surface area contributed by atoms with E-state index in [4.69, 9.17) is 4.74 Å². The molecule has 0 aliphatic heterocycles. The van der Waals surface area contributed by atoms with Crippen molar-refractivity contribution in [3.05, 3.63) is 47.7 Å². The van der Waals surface area contributed by atoms with Crippen molar-refractivity contribution in [3.8, 4) is 5.88 Å². The van der Waals surface area contributed by atoms with Gasteiger partial charge in [0.05, 0.1) is 6.10 Å². The minimum Gasteiger partial charge on any atom is -0.475 e. The highest BCUT2D eigenvalue weighted by Gasteiger charge is 2.02. The fourth-order valence-electron chi connectivity index (χ4n) is 1.62. The summed E-state index contributed by atoms with van der Waals surface area (Å²) in [6, 6.07) is 10.1. The van der Waals surface area contributed by atoms with Gasteiger partial charge in [-0.15, -0.1) is 0 Å². The first-order valence-corrected chi connectivity index (χ1v) is 6.42. The van der Waals surface area contributed by atoms with Gasteiger partial charge in [-0.3, -0.25) is 0 Å². The predicted molar refractivity (Wildman–Crippen MR) is 76.3 cm³/mol. The van der Waals surface area contributed by atoms with E-state index in [1.165, 1.54) is 11.1 Å². The molecule has 0 atom stereocenters. The summed E-state index contributed by atoms with van der Waals surface area (Å²) in [6.07, 6.45) is 1.81. The smallest absolute Gasteiger partial charge is 0.226 e. The van der Waals surface area contributed by atoms with Crippen LogP contribution in [0, 0.1) is 6.92 Å². The van der Waals surface area contributed by atoms with Crippen molar-refractivity contribution in [1.82, 2.24) is 9.97 Å². The van der Waals surface area contributed by atoms with Gasteiger partial charge in [-0.25, -0.2) is 4.98 Å². The van der Waals surface area contributed by atoms with Gasteiger partial charge in [-0.05, 0) is 26.3 Å². The number of aromatic nitrogens is 2. The van der Waals surface area contributed by atoms with Crippen molar-refractivity contribution >= 4 is 5.95 Å². The topological polar surface area (TPSA) is 47.0 Å². The van der Waals surface area contributed by atoms with E-state index in [1.54, 1.807) is 12.3 Å². The van der Waals surface area contributed by atoms with Crippen LogP contribution in [-0.2, 0) is 6.54 Å². The molecule has 0 aliphatic carbocycles. The van der Waals surface area contributed by atoms with Gasteiger partial charge in [0.2, 0.25) is 11.8 Å². The lowest BCUT2D eigenvalue weighted by molar-refractivity contribution is 0.232. The largest absolute Gasteiger partial charge is 0.475 e. The molecule has 4 nitrogen and oxygen atoms in total. The molecule has 4 heteroatoms. The average molecular weight is 257 g/mol. The Kier molecular flexibility index (Phi) is 4.34. The Hall–Kier alpha value is -2.10. The van der Waals surface area contributed by atoms with Crippen LogP contribution in [-0.4, -0.2) is 16.1 Å². The monoisotopic (exact) mass is 257 g/mol. The molecular weight excluding hydrogens is 238 g/mol. The summed E-state index contributed by atoms with van der Waals surface area (Å²) in [7, 11) is 0. The Morgan fingerprint density at radius 3 is 2.58 bits per heavy atom. The van der Waals surface area contributed by atoms with E-state index in [9.17, 15) is 0 Å². The molecule has 100 valence electrons. The highest BCUT2D eigenvalue weighted by atomic mass is 16.5. The summed E-state index contributed by atoms with van der Waals surface area (Å²) < 4.78 is 5.53. The van der Waals surface area contributed by atoms with Crippen molar-refractivity contribution in [1.29, 1.82) is 0 Å². The normalized spacial score (nSPS) is 10.5. The van der Waals surface area contributed by atoms with Crippen LogP contribution >= 0.6 is 0 Å². The minimum atomic E-state index is 0.111. The number of ether oxygens (including phenoxy) is 1. The molecule has 0 amide bonds. The first-order chi connectivity index (χ1) is 9.13. The first-order valence-electron chi connectivity index (χ1n) is 6.42. The molecule has 1 heterocycles. The van der Waals surface area contributed by atoms with Crippen LogP contribution in [0.4, 0.5) is 5.95 Å². The van der Waals surface area contributed by atoms with Crippen LogP contribution in [0.15, 0.2) is 36.5 Å². The van der Waals surface area contributed by atoms with Crippen molar-refractivity contribution in [2.75, 3.05) is 5.32 Å². The molecule has 0 aliphatic rings. The number of hydrogen-bond donors (Lipinski definition) is 1. The highest BCUT2D eigenvalue weighted by molar-refractivity contribution is 5.30. The van der Waals surface area contributed by atoms with Gasteiger partial charge in [0.25, 0.3) is 0 Å². The second kappa shape index (κ2) is 6.18. The highest BCUT2D eigenvalue weighted by Crippen LogP contribution is 2.11. The van der Waals surface area contributed by atoms with Crippen LogP contribution in [0.2, 0.25) is 0 Å². The lowest BCUT2D eigenvalue weighted by Gasteiger charge is -2.10. The lowest BCUT2D eigenvalue weighted by atomic mass is 10.1. The Morgan fingerprint density at radius 1 is 1.16 bits per heavy atom. The Morgan fingerprint density at radius 2 is 1.89 bits per heavy atom. The van der Waals surface area contributed by atoms with Gasteiger partial charge in [-0.2, -0.15) is 4.98 Å². The number of nitrogens with zero attached hydrogens (tertiary/aromatic N) is 2. The van der Waals surface area contributed by atoms with Crippen molar-refractivity contribution < 1.29 is 4.74 Å². The maximum Gasteiger partial charge on any atom is 0.226 e. The summed E-state index contributed by atoms with van der Waals surface area (Å²) in [5, 5.41) is 3.19. The lowest BCUT2D eigenvalue weighted by Crippen LogP contribution is -2.09. The zero-order chi connectivity index (χ0) is 13.7. The SMILES string of the molecule is Cc1ccc(CNc2nccc(OC(C)C)n2)cc1. The molecule has 0 unspecified atom stereocenters. The van der Waals surface area contributed by atoms with Crippen LogP contribution < -0.4 is 10.1 Å². The van der Waals surface area contributed by atoms with Crippen molar-refractivity contribution in [2.45, 2.75) is 33.4 Å². The Labute approximate surface area is 113 Å². The van der Waals surface area contributed by atoms with Crippen molar-refractivity contribution in [2.24, 2.45) is 0 Å². The zero-order valence-electron chi connectivity index (χ0n) is 11.6. The first kappa shape index (κ1) is 13.3. The van der Waals surface area contributed by atoms with Gasteiger partial charge >= 0.3 is 0 Å². The summed E-state index contributed by atoms with van der Waals surface area (Å²) in [5.41, 5.74) is 2.46. The summed E-state index contributed by atoms with van der Waals surface area (Å²) >= 11 is 0. The zero-order valence-corrected chi connectivity index (χ0v) is 11.6. The number of anilines is 1. The van der Waals surface area contributed by atoms with E-state index in [-0.39, 0.29) is 6.10 Å². The Bertz CT molecular complexity index is 523. The predicted octanol–water partition coefficient (Wildman–Crippen LogP) is 3.18. The quantitative estimate of drug-likeness (QED) is 0.893. The number of rotatable bonds is 5. The van der Waals surface area contributed by atoms with E-state index in [0.717, 1.165) is 0 Å². The maximum atomic E-state index is 5.53. The standard InChI is InChI=1S/C15H19N3O/c1-11(2)19-14-8-9-16-15(18-14)17-10-13-6-4-12(3)5-7-13/h4-9,11H,10H2,1-3H3,(H,16,17,18). The van der Waals surface area contributed by atoms with E-state index >= 15 is 0 Å². The third kappa shape index (κ3) is 4.25. The Balaban J connectivity index is 1.97. The summed E-state index contributed by atoms with van der Waals surface area (Å²) in [5.74, 6) is 1.18. The van der Waals surface area contributed by atoms with Gasteiger partial charge in [0.15, 0.2) is 0 Å². The fourth-order valence-corrected chi connectivity index (χ4v) is 1.62. The van der Waals surface area contributed by atoms with Crippen molar-refractivity contribution in [3.63, 3.8) is 0 Å². The molecule has 19 heavy (non-hydrogen) atoms. The van der Waals surface area contributed by atoms with Crippen LogP contribution in [0.1, 0.15) is 25.0 Å². The third-order valence-electron chi connectivity index (χ3n) is 2.56. The molecule has 0 radical (unpaired) electrons. The number of nitrogens with one attached hydrogen (secondary N) is 1. The maximum absolute atomic E-state index is 5.53. The van der Waals surface area contributed by atoms with Crippen LogP contribution in [0.3, 0.4) is 0 Å². The molecule has 1 aromatic heterocycles. The molecule has 1 N–H and O–H groups in total. The van der Waals surface area contributed by atoms with Gasteiger partial charge in [0.1, 0.15) is 0 Å². The molecule has 1 aromatic carbocycles. The van der Waals surface area contributed by atoms with Gasteiger partial charge in [0, 0.05) is 18.8 Å². The number of aryl methyl sites for hydroxylation is 1. The molecular formula is C15H19N3O. The molecule has 0 spiro atoms. The third-order valence-corrected chi connectivity index (χ3v) is 2.56. The van der Waals surface area contributed by atoms with E-state index in [2.05, 4.69) is 46.5 Å². The second-order valence-corrected chi connectivity index (χ2v) is 4.72.